The van der Waals surface area contributed by atoms with Crippen LogP contribution in [-0.2, 0) is 10.0 Å². The number of rotatable bonds is 3. The van der Waals surface area contributed by atoms with Crippen LogP contribution >= 0.6 is 0 Å². The number of piperazine rings is 1. The van der Waals surface area contributed by atoms with Crippen molar-refractivity contribution < 1.29 is 8.42 Å². The lowest BCUT2D eigenvalue weighted by molar-refractivity contribution is 0.388. The molecule has 2 aromatic rings. The van der Waals surface area contributed by atoms with Crippen molar-refractivity contribution in [2.24, 2.45) is 0 Å². The lowest BCUT2D eigenvalue weighted by atomic mass is 10.2. The number of hydrogen-bond acceptors (Lipinski definition) is 5. The molecule has 2 heterocycles. The fraction of sp³-hybridized carbons (Fsp3) is 0.385. The van der Waals surface area contributed by atoms with E-state index in [0.29, 0.717) is 26.2 Å². The molecule has 1 aromatic carbocycles. The quantitative estimate of drug-likeness (QED) is 0.818. The molecule has 1 aromatic heterocycles. The Kier molecular flexibility index (Phi) is 3.64. The number of anilines is 1. The van der Waals surface area contributed by atoms with Crippen LogP contribution in [0.5, 0.6) is 0 Å². The normalized spacial score (nSPS) is 17.1. The summed E-state index contributed by atoms with van der Waals surface area (Å²) >= 11 is 0. The van der Waals surface area contributed by atoms with E-state index in [9.17, 15) is 8.42 Å². The maximum Gasteiger partial charge on any atom is 0.211 e. The molecule has 0 unspecified atom stereocenters. The maximum atomic E-state index is 11.5. The van der Waals surface area contributed by atoms with Crippen LogP contribution in [0.1, 0.15) is 0 Å². The molecule has 0 atom stereocenters. The Labute approximate surface area is 123 Å². The highest BCUT2D eigenvalue weighted by Gasteiger charge is 2.23. The second-order valence-corrected chi connectivity index (χ2v) is 7.02. The van der Waals surface area contributed by atoms with Gasteiger partial charge < -0.3 is 4.90 Å². The van der Waals surface area contributed by atoms with E-state index in [1.54, 1.807) is 12.7 Å². The minimum atomic E-state index is -3.08. The van der Waals surface area contributed by atoms with Gasteiger partial charge in [0.05, 0.1) is 6.26 Å². The van der Waals surface area contributed by atoms with Crippen molar-refractivity contribution in [1.82, 2.24) is 19.1 Å². The molecule has 0 amide bonds. The standard InChI is InChI=1S/C13H17N5O2S/c1-21(19,20)18-8-6-16(7-9-18)12-2-4-13(5-3-12)17-10-14-15-11-17/h2-5,10-11H,6-9H2,1H3. The zero-order valence-electron chi connectivity index (χ0n) is 11.8. The fourth-order valence-corrected chi connectivity index (χ4v) is 3.27. The lowest BCUT2D eigenvalue weighted by Gasteiger charge is -2.34. The number of nitrogens with zero attached hydrogens (tertiary/aromatic N) is 5. The summed E-state index contributed by atoms with van der Waals surface area (Å²) in [6.07, 6.45) is 4.57. The van der Waals surface area contributed by atoms with Gasteiger partial charge in [-0.3, -0.25) is 4.57 Å². The Bertz CT molecular complexity index is 689. The Balaban J connectivity index is 1.69. The summed E-state index contributed by atoms with van der Waals surface area (Å²) in [5, 5.41) is 7.56. The number of aromatic nitrogens is 3. The van der Waals surface area contributed by atoms with Crippen molar-refractivity contribution in [1.29, 1.82) is 0 Å². The second kappa shape index (κ2) is 5.45. The molecule has 0 bridgehead atoms. The van der Waals surface area contributed by atoms with Crippen molar-refractivity contribution in [2.45, 2.75) is 0 Å². The summed E-state index contributed by atoms with van der Waals surface area (Å²) in [5.74, 6) is 0. The molecular formula is C13H17N5O2S. The van der Waals surface area contributed by atoms with Crippen molar-refractivity contribution in [3.8, 4) is 5.69 Å². The first kappa shape index (κ1) is 14.0. The van der Waals surface area contributed by atoms with Gasteiger partial charge in [0.1, 0.15) is 12.7 Å². The molecule has 1 aliphatic rings. The summed E-state index contributed by atoms with van der Waals surface area (Å²) < 4.78 is 26.4. The van der Waals surface area contributed by atoms with Crippen LogP contribution in [0.15, 0.2) is 36.9 Å². The lowest BCUT2D eigenvalue weighted by Crippen LogP contribution is -2.48. The molecule has 0 spiro atoms. The smallest absolute Gasteiger partial charge is 0.211 e. The average Bonchev–Trinajstić information content (AvgIpc) is 3.01. The van der Waals surface area contributed by atoms with Gasteiger partial charge in [-0.2, -0.15) is 4.31 Å². The van der Waals surface area contributed by atoms with Gasteiger partial charge in [-0.1, -0.05) is 0 Å². The third kappa shape index (κ3) is 3.06. The van der Waals surface area contributed by atoms with E-state index in [0.717, 1.165) is 11.4 Å². The molecule has 1 saturated heterocycles. The first-order valence-corrected chi connectivity index (χ1v) is 8.54. The Morgan fingerprint density at radius 3 is 1.95 bits per heavy atom. The minimum absolute atomic E-state index is 0.534. The molecule has 1 fully saturated rings. The monoisotopic (exact) mass is 307 g/mol. The number of hydrogen-bond donors (Lipinski definition) is 0. The Hall–Kier alpha value is -1.93. The third-order valence-electron chi connectivity index (χ3n) is 3.64. The predicted octanol–water partition coefficient (Wildman–Crippen LogP) is 0.349. The molecule has 0 N–H and O–H groups in total. The first-order chi connectivity index (χ1) is 10.0. The zero-order valence-corrected chi connectivity index (χ0v) is 12.6. The van der Waals surface area contributed by atoms with Crippen LogP contribution in [0.4, 0.5) is 5.69 Å². The second-order valence-electron chi connectivity index (χ2n) is 5.03. The zero-order chi connectivity index (χ0) is 14.9. The highest BCUT2D eigenvalue weighted by Crippen LogP contribution is 2.19. The molecule has 0 aliphatic carbocycles. The predicted molar refractivity (Wildman–Crippen MR) is 80.0 cm³/mol. The Morgan fingerprint density at radius 1 is 0.905 bits per heavy atom. The fourth-order valence-electron chi connectivity index (χ4n) is 2.45. The summed E-state index contributed by atoms with van der Waals surface area (Å²) in [6, 6.07) is 8.07. The molecular weight excluding hydrogens is 290 g/mol. The van der Waals surface area contributed by atoms with Crippen molar-refractivity contribution in [3.63, 3.8) is 0 Å². The summed E-state index contributed by atoms with van der Waals surface area (Å²) in [5.41, 5.74) is 2.10. The van der Waals surface area contributed by atoms with E-state index >= 15 is 0 Å². The van der Waals surface area contributed by atoms with Gasteiger partial charge in [0.15, 0.2) is 0 Å². The molecule has 3 rings (SSSR count). The van der Waals surface area contributed by atoms with Gasteiger partial charge in [0, 0.05) is 37.6 Å². The van der Waals surface area contributed by atoms with Crippen LogP contribution < -0.4 is 4.90 Å². The van der Waals surface area contributed by atoms with Gasteiger partial charge in [-0.25, -0.2) is 8.42 Å². The Morgan fingerprint density at radius 2 is 1.43 bits per heavy atom. The average molecular weight is 307 g/mol. The van der Waals surface area contributed by atoms with Gasteiger partial charge in [-0.05, 0) is 24.3 Å². The largest absolute Gasteiger partial charge is 0.369 e. The van der Waals surface area contributed by atoms with Gasteiger partial charge in [0.25, 0.3) is 0 Å². The van der Waals surface area contributed by atoms with Crippen LogP contribution in [0, 0.1) is 0 Å². The summed E-state index contributed by atoms with van der Waals surface area (Å²) in [7, 11) is -3.08. The highest BCUT2D eigenvalue weighted by atomic mass is 32.2. The summed E-state index contributed by atoms with van der Waals surface area (Å²) in [4.78, 5) is 2.19. The molecule has 7 nitrogen and oxygen atoms in total. The van der Waals surface area contributed by atoms with Crippen LogP contribution in [0.2, 0.25) is 0 Å². The van der Waals surface area contributed by atoms with Gasteiger partial charge in [0.2, 0.25) is 10.0 Å². The van der Waals surface area contributed by atoms with Crippen LogP contribution in [0.25, 0.3) is 5.69 Å². The van der Waals surface area contributed by atoms with Crippen molar-refractivity contribution >= 4 is 15.7 Å². The SMILES string of the molecule is CS(=O)(=O)N1CCN(c2ccc(-n3cnnc3)cc2)CC1. The molecule has 21 heavy (non-hydrogen) atoms. The highest BCUT2D eigenvalue weighted by molar-refractivity contribution is 7.88. The number of benzene rings is 1. The molecule has 0 radical (unpaired) electrons. The first-order valence-electron chi connectivity index (χ1n) is 6.69. The molecule has 0 saturated carbocycles. The third-order valence-corrected chi connectivity index (χ3v) is 4.94. The van der Waals surface area contributed by atoms with Crippen LogP contribution in [0.3, 0.4) is 0 Å². The minimum Gasteiger partial charge on any atom is -0.369 e. The maximum absolute atomic E-state index is 11.5. The van der Waals surface area contributed by atoms with Crippen molar-refractivity contribution in [3.05, 3.63) is 36.9 Å². The van der Waals surface area contributed by atoms with Crippen molar-refractivity contribution in [2.75, 3.05) is 37.3 Å². The van der Waals surface area contributed by atoms with E-state index in [4.69, 9.17) is 0 Å². The van der Waals surface area contributed by atoms with E-state index in [1.165, 1.54) is 10.6 Å². The van der Waals surface area contributed by atoms with E-state index in [1.807, 2.05) is 28.8 Å². The molecule has 8 heteroatoms. The van der Waals surface area contributed by atoms with E-state index in [2.05, 4.69) is 15.1 Å². The van der Waals surface area contributed by atoms with E-state index in [-0.39, 0.29) is 0 Å². The van der Waals surface area contributed by atoms with Crippen LogP contribution in [-0.4, -0.2) is 59.9 Å². The number of sulfonamides is 1. The molecule has 1 aliphatic heterocycles. The summed E-state index contributed by atoms with van der Waals surface area (Å²) in [6.45, 7) is 2.48. The molecule has 112 valence electrons. The van der Waals surface area contributed by atoms with E-state index < -0.39 is 10.0 Å². The van der Waals surface area contributed by atoms with Gasteiger partial charge in [-0.15, -0.1) is 10.2 Å². The van der Waals surface area contributed by atoms with Gasteiger partial charge >= 0.3 is 0 Å². The topological polar surface area (TPSA) is 71.3 Å².